The van der Waals surface area contributed by atoms with Crippen LogP contribution in [0.2, 0.25) is 5.02 Å². The Morgan fingerprint density at radius 2 is 1.94 bits per heavy atom. The van der Waals surface area contributed by atoms with E-state index in [1.165, 1.54) is 11.8 Å². The van der Waals surface area contributed by atoms with Crippen LogP contribution in [0.25, 0.3) is 21.9 Å². The van der Waals surface area contributed by atoms with E-state index in [2.05, 4.69) is 34.1 Å². The highest BCUT2D eigenvalue weighted by Gasteiger charge is 2.14. The van der Waals surface area contributed by atoms with Crippen LogP contribution in [0.3, 0.4) is 0 Å². The van der Waals surface area contributed by atoms with Crippen molar-refractivity contribution in [2.45, 2.75) is 32.0 Å². The van der Waals surface area contributed by atoms with Crippen molar-refractivity contribution in [3.63, 3.8) is 0 Å². The molecule has 10 heteroatoms. The van der Waals surface area contributed by atoms with Gasteiger partial charge in [0.25, 0.3) is 5.56 Å². The Bertz CT molecular complexity index is 1420. The van der Waals surface area contributed by atoms with Gasteiger partial charge in [-0.05, 0) is 48.7 Å². The number of hydrogen-bond donors (Lipinski definition) is 3. The molecule has 0 atom stereocenters. The first-order valence-corrected chi connectivity index (χ1v) is 11.5. The number of anilines is 1. The predicted octanol–water partition coefficient (Wildman–Crippen LogP) is 4.00. The fraction of sp³-hybridized carbons (Fsp3) is 0.273. The van der Waals surface area contributed by atoms with Gasteiger partial charge in [-0.1, -0.05) is 37.2 Å². The summed E-state index contributed by atoms with van der Waals surface area (Å²) in [7, 11) is 0. The van der Waals surface area contributed by atoms with E-state index in [0.29, 0.717) is 50.3 Å². The van der Waals surface area contributed by atoms with Gasteiger partial charge >= 0.3 is 5.69 Å². The Hall–Kier alpha value is -3.04. The Morgan fingerprint density at radius 1 is 1.16 bits per heavy atom. The zero-order chi connectivity index (χ0) is 22.8. The van der Waals surface area contributed by atoms with Gasteiger partial charge in [0, 0.05) is 17.3 Å². The van der Waals surface area contributed by atoms with E-state index < -0.39 is 0 Å². The molecule has 4 aromatic rings. The molecule has 0 saturated carbocycles. The van der Waals surface area contributed by atoms with Gasteiger partial charge in [0.2, 0.25) is 5.91 Å². The maximum atomic E-state index is 13.1. The highest BCUT2D eigenvalue weighted by atomic mass is 35.5. The highest BCUT2D eigenvalue weighted by Crippen LogP contribution is 2.22. The third kappa shape index (κ3) is 4.89. The van der Waals surface area contributed by atoms with E-state index in [-0.39, 0.29) is 22.9 Å². The van der Waals surface area contributed by atoms with Crippen molar-refractivity contribution in [3.8, 4) is 0 Å². The fourth-order valence-electron chi connectivity index (χ4n) is 3.31. The molecule has 0 aliphatic carbocycles. The molecule has 4 rings (SSSR count). The van der Waals surface area contributed by atoms with Crippen LogP contribution in [0.1, 0.15) is 20.3 Å². The Kier molecular flexibility index (Phi) is 6.38. The number of amides is 1. The van der Waals surface area contributed by atoms with E-state index >= 15 is 0 Å². The van der Waals surface area contributed by atoms with Gasteiger partial charge < -0.3 is 15.3 Å². The quantitative estimate of drug-likeness (QED) is 0.278. The minimum Gasteiger partial charge on any atom is -0.325 e. The van der Waals surface area contributed by atoms with E-state index in [4.69, 9.17) is 11.6 Å². The zero-order valence-corrected chi connectivity index (χ0v) is 19.1. The van der Waals surface area contributed by atoms with Gasteiger partial charge in [-0.25, -0.2) is 9.78 Å². The number of imidazole rings is 1. The lowest BCUT2D eigenvalue weighted by molar-refractivity contribution is -0.113. The molecule has 0 radical (unpaired) electrons. The molecule has 0 aliphatic heterocycles. The smallest absolute Gasteiger partial charge is 0.323 e. The molecule has 3 N–H and O–H groups in total. The van der Waals surface area contributed by atoms with Gasteiger partial charge in [-0.3, -0.25) is 14.2 Å². The van der Waals surface area contributed by atoms with Crippen molar-refractivity contribution in [2.75, 3.05) is 11.1 Å². The van der Waals surface area contributed by atoms with Gasteiger partial charge in [-0.2, -0.15) is 0 Å². The van der Waals surface area contributed by atoms with E-state index in [1.54, 1.807) is 41.0 Å². The number of carbonyl (C=O) groups is 1. The molecule has 32 heavy (non-hydrogen) atoms. The molecular formula is C22H22ClN5O3S. The first-order valence-electron chi connectivity index (χ1n) is 10.1. The second kappa shape index (κ2) is 9.22. The van der Waals surface area contributed by atoms with Crippen LogP contribution in [0.4, 0.5) is 5.69 Å². The summed E-state index contributed by atoms with van der Waals surface area (Å²) in [5.74, 6) is 0.240. The van der Waals surface area contributed by atoms with Gasteiger partial charge in [-0.15, -0.1) is 0 Å². The van der Waals surface area contributed by atoms with Crippen LogP contribution >= 0.6 is 23.4 Å². The summed E-state index contributed by atoms with van der Waals surface area (Å²) in [5.41, 5.74) is 1.89. The maximum Gasteiger partial charge on any atom is 0.323 e. The number of hydrogen-bond acceptors (Lipinski definition) is 5. The monoisotopic (exact) mass is 471 g/mol. The summed E-state index contributed by atoms with van der Waals surface area (Å²) in [5, 5.41) is 4.29. The van der Waals surface area contributed by atoms with Gasteiger partial charge in [0.05, 0.1) is 27.7 Å². The number of fused-ring (bicyclic) bond motifs is 2. The number of thioether (sulfide) groups is 1. The van der Waals surface area contributed by atoms with Crippen molar-refractivity contribution in [2.24, 2.45) is 5.92 Å². The summed E-state index contributed by atoms with van der Waals surface area (Å²) in [6, 6.07) is 10.1. The third-order valence-electron chi connectivity index (χ3n) is 4.94. The summed E-state index contributed by atoms with van der Waals surface area (Å²) in [4.78, 5) is 47.0. The highest BCUT2D eigenvalue weighted by molar-refractivity contribution is 7.99. The normalized spacial score (nSPS) is 11.5. The van der Waals surface area contributed by atoms with Crippen LogP contribution in [0.15, 0.2) is 51.1 Å². The van der Waals surface area contributed by atoms with Crippen LogP contribution < -0.4 is 16.6 Å². The molecule has 0 bridgehead atoms. The summed E-state index contributed by atoms with van der Waals surface area (Å²) in [6.45, 7) is 4.70. The summed E-state index contributed by atoms with van der Waals surface area (Å²) in [6.07, 6.45) is 0.815. The molecule has 0 fully saturated rings. The first kappa shape index (κ1) is 22.2. The minimum absolute atomic E-state index is 0.0713. The van der Waals surface area contributed by atoms with Gasteiger partial charge in [0.15, 0.2) is 5.16 Å². The van der Waals surface area contributed by atoms with E-state index in [9.17, 15) is 14.4 Å². The molecule has 2 aromatic carbocycles. The Labute approximate surface area is 192 Å². The van der Waals surface area contributed by atoms with Crippen molar-refractivity contribution in [1.29, 1.82) is 0 Å². The van der Waals surface area contributed by atoms with Crippen molar-refractivity contribution >= 4 is 56.9 Å². The minimum atomic E-state index is -0.305. The zero-order valence-electron chi connectivity index (χ0n) is 17.6. The molecule has 2 aromatic heterocycles. The molecule has 166 valence electrons. The number of aromatic amines is 2. The maximum absolute atomic E-state index is 13.1. The number of rotatable bonds is 7. The number of nitrogens with one attached hydrogen (secondary N) is 3. The van der Waals surface area contributed by atoms with Crippen molar-refractivity contribution < 1.29 is 4.79 Å². The van der Waals surface area contributed by atoms with E-state index in [0.717, 1.165) is 6.42 Å². The molecule has 0 unspecified atom stereocenters. The number of H-pyrrole nitrogens is 2. The lowest BCUT2D eigenvalue weighted by Crippen LogP contribution is -2.25. The van der Waals surface area contributed by atoms with Crippen LogP contribution in [-0.2, 0) is 11.3 Å². The Morgan fingerprint density at radius 3 is 2.72 bits per heavy atom. The average Bonchev–Trinajstić information content (AvgIpc) is 3.10. The van der Waals surface area contributed by atoms with Crippen LogP contribution in [0.5, 0.6) is 0 Å². The topological polar surface area (TPSA) is 113 Å². The summed E-state index contributed by atoms with van der Waals surface area (Å²) < 4.78 is 1.63. The molecule has 0 saturated heterocycles. The number of benzene rings is 2. The largest absolute Gasteiger partial charge is 0.325 e. The van der Waals surface area contributed by atoms with Crippen molar-refractivity contribution in [1.82, 2.24) is 19.5 Å². The number of aromatic nitrogens is 4. The number of halogens is 1. The Balaban J connectivity index is 1.56. The molecule has 0 aliphatic rings. The number of nitrogens with zero attached hydrogens (tertiary/aromatic N) is 2. The fourth-order valence-corrected chi connectivity index (χ4v) is 4.30. The van der Waals surface area contributed by atoms with Gasteiger partial charge in [0.1, 0.15) is 0 Å². The standard InChI is InChI=1S/C22H22ClN5O3S/c1-12(2)7-8-28-20(30)15-5-3-13(23)9-17(15)27-22(28)32-11-19(29)24-14-4-6-16-18(10-14)26-21(31)25-16/h3-6,9-10,12H,7-8,11H2,1-2H3,(H,24,29)(H2,25,26,31). The molecular weight excluding hydrogens is 450 g/mol. The van der Waals surface area contributed by atoms with Crippen LogP contribution in [-0.4, -0.2) is 31.2 Å². The molecule has 0 spiro atoms. The van der Waals surface area contributed by atoms with Crippen LogP contribution in [0, 0.1) is 5.92 Å². The first-order chi connectivity index (χ1) is 15.3. The molecule has 8 nitrogen and oxygen atoms in total. The summed E-state index contributed by atoms with van der Waals surface area (Å²) >= 11 is 7.28. The van der Waals surface area contributed by atoms with E-state index in [1.807, 2.05) is 0 Å². The second-order valence-electron chi connectivity index (χ2n) is 7.87. The van der Waals surface area contributed by atoms with Crippen molar-refractivity contribution in [3.05, 3.63) is 62.3 Å². The molecule has 1 amide bonds. The lowest BCUT2D eigenvalue weighted by Gasteiger charge is -2.14. The SMILES string of the molecule is CC(C)CCn1c(SCC(=O)Nc2ccc3[nH]c(=O)[nH]c3c2)nc2cc(Cl)ccc2c1=O. The lowest BCUT2D eigenvalue weighted by atomic mass is 10.1. The number of carbonyl (C=O) groups excluding carboxylic acids is 1. The third-order valence-corrected chi connectivity index (χ3v) is 6.16. The second-order valence-corrected chi connectivity index (χ2v) is 9.25. The average molecular weight is 472 g/mol. The molecule has 2 heterocycles. The predicted molar refractivity (Wildman–Crippen MR) is 129 cm³/mol.